The number of carbonyl (C=O) groups excluding carboxylic acids is 1. The monoisotopic (exact) mass is 416 g/mol. The van der Waals surface area contributed by atoms with Gasteiger partial charge < -0.3 is 15.9 Å². The standard InChI is InChI=1S/C23H24N6O2/c1-2-8-29-9-7-17-18(10-24)22(28)23(13-25,14-26)21(19(17)11-29)15-3-5-16(6-4-15)31-12-20(27)30/h3-7,18-19,21,28H,2,8-9,11-12H2,1H3,(H2,27,30)/t18?,19-,21-/m1/s1. The lowest BCUT2D eigenvalue weighted by atomic mass is 9.54. The fourth-order valence-corrected chi connectivity index (χ4v) is 4.67. The van der Waals surface area contributed by atoms with E-state index in [0.29, 0.717) is 24.4 Å². The quantitative estimate of drug-likeness (QED) is 0.678. The zero-order valence-electron chi connectivity index (χ0n) is 17.3. The van der Waals surface area contributed by atoms with Crippen LogP contribution in [0.25, 0.3) is 0 Å². The minimum atomic E-state index is -1.74. The largest absolute Gasteiger partial charge is 0.484 e. The van der Waals surface area contributed by atoms with E-state index in [4.69, 9.17) is 15.9 Å². The normalized spacial score (nSPS) is 24.6. The average Bonchev–Trinajstić information content (AvgIpc) is 2.78. The molecule has 0 radical (unpaired) electrons. The lowest BCUT2D eigenvalue weighted by Gasteiger charge is -2.47. The number of amides is 1. The van der Waals surface area contributed by atoms with Crippen LogP contribution in [0.5, 0.6) is 5.75 Å². The summed E-state index contributed by atoms with van der Waals surface area (Å²) in [5.74, 6) is -1.86. The van der Waals surface area contributed by atoms with Gasteiger partial charge in [0.05, 0.1) is 23.9 Å². The number of carbonyl (C=O) groups is 1. The topological polar surface area (TPSA) is 151 Å². The van der Waals surface area contributed by atoms with Crippen LogP contribution in [-0.2, 0) is 4.79 Å². The lowest BCUT2D eigenvalue weighted by Crippen LogP contribution is -2.52. The predicted octanol–water partition coefficient (Wildman–Crippen LogP) is 2.11. The van der Waals surface area contributed by atoms with E-state index in [1.807, 2.05) is 6.08 Å². The molecule has 1 aliphatic carbocycles. The third-order valence-electron chi connectivity index (χ3n) is 6.03. The molecule has 3 rings (SSSR count). The van der Waals surface area contributed by atoms with Gasteiger partial charge in [-0.2, -0.15) is 15.8 Å². The summed E-state index contributed by atoms with van der Waals surface area (Å²) in [6, 6.07) is 13.2. The second kappa shape index (κ2) is 9.00. The van der Waals surface area contributed by atoms with Crippen LogP contribution < -0.4 is 10.5 Å². The fraction of sp³-hybridized carbons (Fsp3) is 0.435. The Balaban J connectivity index is 2.09. The fourth-order valence-electron chi connectivity index (χ4n) is 4.67. The molecule has 1 amide bonds. The summed E-state index contributed by atoms with van der Waals surface area (Å²) in [6.07, 6.45) is 2.95. The van der Waals surface area contributed by atoms with E-state index in [-0.39, 0.29) is 18.2 Å². The Morgan fingerprint density at radius 2 is 1.97 bits per heavy atom. The van der Waals surface area contributed by atoms with Crippen molar-refractivity contribution < 1.29 is 9.53 Å². The van der Waals surface area contributed by atoms with Crippen molar-refractivity contribution in [2.45, 2.75) is 19.3 Å². The molecule has 0 saturated heterocycles. The molecular formula is C23H24N6O2. The third kappa shape index (κ3) is 3.89. The van der Waals surface area contributed by atoms with Crippen LogP contribution in [0.3, 0.4) is 0 Å². The highest BCUT2D eigenvalue weighted by atomic mass is 16.5. The first-order chi connectivity index (χ1) is 14.9. The highest BCUT2D eigenvalue weighted by Crippen LogP contribution is 2.53. The summed E-state index contributed by atoms with van der Waals surface area (Å²) >= 11 is 0. The minimum Gasteiger partial charge on any atom is -0.484 e. The van der Waals surface area contributed by atoms with Crippen molar-refractivity contribution in [3.63, 3.8) is 0 Å². The summed E-state index contributed by atoms with van der Waals surface area (Å²) in [5.41, 5.74) is 4.74. The van der Waals surface area contributed by atoms with E-state index in [1.54, 1.807) is 24.3 Å². The molecule has 0 spiro atoms. The molecule has 3 N–H and O–H groups in total. The first-order valence-corrected chi connectivity index (χ1v) is 10.2. The number of ether oxygens (including phenoxy) is 1. The molecular weight excluding hydrogens is 392 g/mol. The molecule has 1 fully saturated rings. The van der Waals surface area contributed by atoms with Crippen LogP contribution in [0.1, 0.15) is 24.8 Å². The van der Waals surface area contributed by atoms with E-state index in [9.17, 15) is 20.6 Å². The summed E-state index contributed by atoms with van der Waals surface area (Å²) in [7, 11) is 0. The summed E-state index contributed by atoms with van der Waals surface area (Å²) in [4.78, 5) is 13.2. The van der Waals surface area contributed by atoms with Gasteiger partial charge in [0.2, 0.25) is 0 Å². The number of nitrogens with zero attached hydrogens (tertiary/aromatic N) is 4. The molecule has 0 aromatic heterocycles. The lowest BCUT2D eigenvalue weighted by molar-refractivity contribution is -0.119. The van der Waals surface area contributed by atoms with Crippen molar-refractivity contribution in [1.29, 1.82) is 21.2 Å². The number of nitrogens with two attached hydrogens (primary N) is 1. The third-order valence-corrected chi connectivity index (χ3v) is 6.03. The van der Waals surface area contributed by atoms with Crippen LogP contribution in [0.4, 0.5) is 0 Å². The number of fused-ring (bicyclic) bond motifs is 1. The van der Waals surface area contributed by atoms with Gasteiger partial charge in [-0.15, -0.1) is 0 Å². The van der Waals surface area contributed by atoms with Crippen LogP contribution in [0.15, 0.2) is 35.9 Å². The molecule has 31 heavy (non-hydrogen) atoms. The number of rotatable bonds is 6. The Labute approximate surface area is 181 Å². The van der Waals surface area contributed by atoms with E-state index in [1.165, 1.54) is 0 Å². The minimum absolute atomic E-state index is 0.162. The first kappa shape index (κ1) is 22.0. The molecule has 158 valence electrons. The molecule has 1 saturated carbocycles. The van der Waals surface area contributed by atoms with Crippen molar-refractivity contribution in [1.82, 2.24) is 4.90 Å². The number of nitriles is 3. The SMILES string of the molecule is CCCN1CC=C2C(C#N)C(=N)C(C#N)(C#N)[C@H](c3ccc(OCC(N)=O)cc3)[C@@H]2C1. The molecule has 3 atom stereocenters. The van der Waals surface area contributed by atoms with E-state index in [0.717, 1.165) is 18.5 Å². The van der Waals surface area contributed by atoms with Crippen LogP contribution in [0, 0.1) is 56.7 Å². The Kier molecular flexibility index (Phi) is 6.39. The number of hydrogen-bond donors (Lipinski definition) is 2. The highest BCUT2D eigenvalue weighted by molar-refractivity contribution is 6.00. The molecule has 1 aromatic carbocycles. The molecule has 2 aliphatic rings. The van der Waals surface area contributed by atoms with Crippen LogP contribution >= 0.6 is 0 Å². The van der Waals surface area contributed by atoms with Crippen molar-refractivity contribution in [2.75, 3.05) is 26.2 Å². The second-order valence-electron chi connectivity index (χ2n) is 7.88. The van der Waals surface area contributed by atoms with Crippen molar-refractivity contribution in [3.05, 3.63) is 41.5 Å². The van der Waals surface area contributed by atoms with Crippen LogP contribution in [-0.4, -0.2) is 42.8 Å². The number of primary amides is 1. The van der Waals surface area contributed by atoms with Gasteiger partial charge in [-0.05, 0) is 36.2 Å². The summed E-state index contributed by atoms with van der Waals surface area (Å²) < 4.78 is 5.32. The van der Waals surface area contributed by atoms with Crippen molar-refractivity contribution in [3.8, 4) is 24.0 Å². The Morgan fingerprint density at radius 3 is 2.52 bits per heavy atom. The maximum absolute atomic E-state index is 11.0. The van der Waals surface area contributed by atoms with Gasteiger partial charge in [-0.25, -0.2) is 0 Å². The van der Waals surface area contributed by atoms with E-state index >= 15 is 0 Å². The second-order valence-corrected chi connectivity index (χ2v) is 7.88. The zero-order valence-corrected chi connectivity index (χ0v) is 17.3. The van der Waals surface area contributed by atoms with Gasteiger partial charge in [0.1, 0.15) is 11.7 Å². The molecule has 1 aromatic rings. The smallest absolute Gasteiger partial charge is 0.255 e. The van der Waals surface area contributed by atoms with Gasteiger partial charge in [0.15, 0.2) is 12.0 Å². The maximum Gasteiger partial charge on any atom is 0.255 e. The van der Waals surface area contributed by atoms with Crippen LogP contribution in [0.2, 0.25) is 0 Å². The first-order valence-electron chi connectivity index (χ1n) is 10.2. The summed E-state index contributed by atoms with van der Waals surface area (Å²) in [6.45, 7) is 4.00. The van der Waals surface area contributed by atoms with Gasteiger partial charge >= 0.3 is 0 Å². The van der Waals surface area contributed by atoms with E-state index in [2.05, 4.69) is 30.0 Å². The number of benzene rings is 1. The van der Waals surface area contributed by atoms with Gasteiger partial charge in [-0.3, -0.25) is 9.69 Å². The Morgan fingerprint density at radius 1 is 1.29 bits per heavy atom. The van der Waals surface area contributed by atoms with Gasteiger partial charge in [0.25, 0.3) is 5.91 Å². The zero-order chi connectivity index (χ0) is 22.6. The Hall–Kier alpha value is -3.67. The average molecular weight is 416 g/mol. The number of nitrogens with one attached hydrogen (secondary N) is 1. The van der Waals surface area contributed by atoms with Crippen molar-refractivity contribution in [2.24, 2.45) is 23.0 Å². The van der Waals surface area contributed by atoms with Crippen molar-refractivity contribution >= 4 is 11.6 Å². The summed E-state index contributed by atoms with van der Waals surface area (Å²) in [5, 5.41) is 38.6. The molecule has 1 aliphatic heterocycles. The highest BCUT2D eigenvalue weighted by Gasteiger charge is 2.57. The molecule has 8 nitrogen and oxygen atoms in total. The number of hydrogen-bond acceptors (Lipinski definition) is 7. The maximum atomic E-state index is 11.0. The molecule has 8 heteroatoms. The molecule has 0 bridgehead atoms. The predicted molar refractivity (Wildman–Crippen MR) is 113 cm³/mol. The molecule has 1 heterocycles. The van der Waals surface area contributed by atoms with E-state index < -0.39 is 23.2 Å². The molecule has 1 unspecified atom stereocenters. The van der Waals surface area contributed by atoms with Gasteiger partial charge in [0, 0.05) is 24.9 Å². The Bertz CT molecular complexity index is 1010. The van der Waals surface area contributed by atoms with Gasteiger partial charge in [-0.1, -0.05) is 25.1 Å².